The lowest BCUT2D eigenvalue weighted by Gasteiger charge is -2.27. The quantitative estimate of drug-likeness (QED) is 0.666. The molecule has 0 heterocycles. The van der Waals surface area contributed by atoms with Crippen molar-refractivity contribution in [2.45, 2.75) is 45.4 Å². The molecular weight excluding hydrogens is 292 g/mol. The zero-order valence-electron chi connectivity index (χ0n) is 14.2. The van der Waals surface area contributed by atoms with Crippen molar-refractivity contribution in [2.75, 3.05) is 5.75 Å². The first-order valence-electron chi connectivity index (χ1n) is 7.74. The summed E-state index contributed by atoms with van der Waals surface area (Å²) in [4.78, 5) is 0.390. The molecule has 0 unspecified atom stereocenters. The van der Waals surface area contributed by atoms with Gasteiger partial charge in [-0.2, -0.15) is 0 Å². The highest BCUT2D eigenvalue weighted by Gasteiger charge is 2.20. The van der Waals surface area contributed by atoms with Gasteiger partial charge < -0.3 is 0 Å². The van der Waals surface area contributed by atoms with Crippen LogP contribution in [0.5, 0.6) is 0 Å². The Morgan fingerprint density at radius 2 is 1.73 bits per heavy atom. The fourth-order valence-electron chi connectivity index (χ4n) is 2.33. The Hall–Kier alpha value is -1.35. The first kappa shape index (κ1) is 18.7. The third-order valence-electron chi connectivity index (χ3n) is 3.90. The molecule has 0 aliphatic carbocycles. The Balaban J connectivity index is 2.55. The Morgan fingerprint density at radius 3 is 2.23 bits per heavy atom. The lowest BCUT2D eigenvalue weighted by atomic mass is 9.78. The van der Waals surface area contributed by atoms with Crippen molar-refractivity contribution >= 4 is 9.84 Å². The van der Waals surface area contributed by atoms with Crippen molar-refractivity contribution in [1.29, 1.82) is 0 Å². The Morgan fingerprint density at radius 1 is 1.14 bits per heavy atom. The molecule has 2 nitrogen and oxygen atoms in total. The largest absolute Gasteiger partial charge is 0.223 e. The van der Waals surface area contributed by atoms with Gasteiger partial charge in [0, 0.05) is 0 Å². The van der Waals surface area contributed by atoms with E-state index in [0.29, 0.717) is 10.8 Å². The van der Waals surface area contributed by atoms with Gasteiger partial charge in [-0.15, -0.1) is 6.58 Å². The average Bonchev–Trinajstić information content (AvgIpc) is 2.41. The normalized spacial score (nSPS) is 14.2. The highest BCUT2D eigenvalue weighted by molar-refractivity contribution is 7.91. The first-order chi connectivity index (χ1) is 10.2. The average molecular weight is 320 g/mol. The summed E-state index contributed by atoms with van der Waals surface area (Å²) in [5.41, 5.74) is 1.26. The summed E-state index contributed by atoms with van der Waals surface area (Å²) >= 11 is 0. The van der Waals surface area contributed by atoms with Gasteiger partial charge in [0.05, 0.1) is 10.6 Å². The van der Waals surface area contributed by atoms with E-state index in [4.69, 9.17) is 0 Å². The van der Waals surface area contributed by atoms with E-state index in [0.717, 1.165) is 18.4 Å². The van der Waals surface area contributed by atoms with Crippen LogP contribution in [0.4, 0.5) is 0 Å². The number of allylic oxidation sites excluding steroid dienone is 2. The molecule has 0 amide bonds. The Kier molecular flexibility index (Phi) is 6.61. The van der Waals surface area contributed by atoms with Crippen LogP contribution in [-0.2, 0) is 9.84 Å². The molecule has 0 spiro atoms. The van der Waals surface area contributed by atoms with E-state index < -0.39 is 9.84 Å². The molecule has 122 valence electrons. The van der Waals surface area contributed by atoms with Crippen molar-refractivity contribution in [3.05, 3.63) is 54.6 Å². The first-order valence-corrected chi connectivity index (χ1v) is 9.39. The van der Waals surface area contributed by atoms with Crippen molar-refractivity contribution < 1.29 is 8.42 Å². The zero-order valence-corrected chi connectivity index (χ0v) is 15.0. The van der Waals surface area contributed by atoms with Crippen LogP contribution in [0.3, 0.4) is 0 Å². The van der Waals surface area contributed by atoms with E-state index in [1.807, 2.05) is 31.2 Å². The van der Waals surface area contributed by atoms with Crippen LogP contribution in [0.2, 0.25) is 0 Å². The maximum absolute atomic E-state index is 12.2. The highest BCUT2D eigenvalue weighted by atomic mass is 32.2. The molecular formula is C19H28O2S. The van der Waals surface area contributed by atoms with Crippen LogP contribution in [0.25, 0.3) is 0 Å². The smallest absolute Gasteiger partial charge is 0.181 e. The molecule has 0 radical (unpaired) electrons. The molecule has 22 heavy (non-hydrogen) atoms. The second-order valence-corrected chi connectivity index (χ2v) is 8.89. The summed E-state index contributed by atoms with van der Waals surface area (Å²) in [5, 5.41) is 0. The number of aryl methyl sites for hydroxylation is 1. The molecule has 0 bridgehead atoms. The van der Waals surface area contributed by atoms with E-state index in [1.54, 1.807) is 18.2 Å². The third kappa shape index (κ3) is 5.80. The van der Waals surface area contributed by atoms with Gasteiger partial charge in [-0.3, -0.25) is 0 Å². The van der Waals surface area contributed by atoms with Crippen LogP contribution in [-0.4, -0.2) is 14.2 Å². The van der Waals surface area contributed by atoms with Crippen molar-refractivity contribution in [2.24, 2.45) is 11.3 Å². The van der Waals surface area contributed by atoms with Gasteiger partial charge in [0.25, 0.3) is 0 Å². The maximum Gasteiger partial charge on any atom is 0.181 e. The lowest BCUT2D eigenvalue weighted by Crippen LogP contribution is -2.17. The molecule has 1 rings (SSSR count). The van der Waals surface area contributed by atoms with Gasteiger partial charge in [-0.1, -0.05) is 56.7 Å². The third-order valence-corrected chi connectivity index (χ3v) is 5.53. The van der Waals surface area contributed by atoms with Crippen molar-refractivity contribution in [3.63, 3.8) is 0 Å². The standard InChI is InChI=1S/C19H28O2S/c1-6-17(19(3,4)5)10-8-7-9-15-22(20,21)18-13-11-16(2)12-14-18/h6-7,9,11-14,17H,1,8,10,15H2,2-5H3/b9-7+/t17-/m1/s1. The molecule has 3 heteroatoms. The lowest BCUT2D eigenvalue weighted by molar-refractivity contribution is 0.280. The van der Waals surface area contributed by atoms with E-state index in [1.165, 1.54) is 0 Å². The molecule has 1 atom stereocenters. The number of benzene rings is 1. The van der Waals surface area contributed by atoms with Gasteiger partial charge in [0.15, 0.2) is 9.84 Å². The van der Waals surface area contributed by atoms with Gasteiger partial charge in [-0.25, -0.2) is 8.42 Å². The van der Waals surface area contributed by atoms with Crippen LogP contribution in [0, 0.1) is 18.3 Å². The molecule has 1 aromatic carbocycles. The summed E-state index contributed by atoms with van der Waals surface area (Å²) < 4.78 is 24.4. The topological polar surface area (TPSA) is 34.1 Å². The fourth-order valence-corrected chi connectivity index (χ4v) is 3.47. The molecule has 0 fully saturated rings. The monoisotopic (exact) mass is 320 g/mol. The van der Waals surface area contributed by atoms with E-state index in [-0.39, 0.29) is 11.2 Å². The summed E-state index contributed by atoms with van der Waals surface area (Å²) in [6, 6.07) is 7.00. The Bertz CT molecular complexity index is 602. The summed E-state index contributed by atoms with van der Waals surface area (Å²) in [5.74, 6) is 0.496. The maximum atomic E-state index is 12.2. The predicted molar refractivity (Wildman–Crippen MR) is 94.7 cm³/mol. The minimum Gasteiger partial charge on any atom is -0.223 e. The van der Waals surface area contributed by atoms with Crippen LogP contribution in [0.1, 0.15) is 39.2 Å². The predicted octanol–water partition coefficient (Wildman–Crippen LogP) is 4.95. The highest BCUT2D eigenvalue weighted by Crippen LogP contribution is 2.30. The minimum absolute atomic E-state index is 0.0599. The van der Waals surface area contributed by atoms with Gasteiger partial charge in [-0.05, 0) is 43.2 Å². The van der Waals surface area contributed by atoms with Crippen molar-refractivity contribution in [1.82, 2.24) is 0 Å². The molecule has 1 aromatic rings. The van der Waals surface area contributed by atoms with Crippen LogP contribution < -0.4 is 0 Å². The summed E-state index contributed by atoms with van der Waals surface area (Å²) in [6.07, 6.45) is 7.59. The Labute approximate surface area is 135 Å². The van der Waals surface area contributed by atoms with Crippen LogP contribution in [0.15, 0.2) is 54.0 Å². The number of hydrogen-bond acceptors (Lipinski definition) is 2. The molecule has 0 aliphatic rings. The number of sulfone groups is 1. The van der Waals surface area contributed by atoms with Crippen LogP contribution >= 0.6 is 0 Å². The summed E-state index contributed by atoms with van der Waals surface area (Å²) in [6.45, 7) is 12.4. The summed E-state index contributed by atoms with van der Waals surface area (Å²) in [7, 11) is -3.22. The second-order valence-electron chi connectivity index (χ2n) is 6.85. The van der Waals surface area contributed by atoms with E-state index in [9.17, 15) is 8.42 Å². The molecule has 0 aliphatic heterocycles. The van der Waals surface area contributed by atoms with E-state index in [2.05, 4.69) is 27.4 Å². The van der Waals surface area contributed by atoms with Gasteiger partial charge in [0.2, 0.25) is 0 Å². The molecule has 0 N–H and O–H groups in total. The molecule has 0 saturated heterocycles. The number of hydrogen-bond donors (Lipinski definition) is 0. The van der Waals surface area contributed by atoms with Gasteiger partial charge in [0.1, 0.15) is 0 Å². The minimum atomic E-state index is -3.22. The fraction of sp³-hybridized carbons (Fsp3) is 0.474. The van der Waals surface area contributed by atoms with E-state index >= 15 is 0 Å². The zero-order chi connectivity index (χ0) is 16.8. The van der Waals surface area contributed by atoms with Crippen molar-refractivity contribution in [3.8, 4) is 0 Å². The molecule has 0 saturated carbocycles. The van der Waals surface area contributed by atoms with Gasteiger partial charge >= 0.3 is 0 Å². The molecule has 0 aromatic heterocycles. The second kappa shape index (κ2) is 7.77. The SMILES string of the molecule is C=C[C@H](CC/C=C/CS(=O)(=O)c1ccc(C)cc1)C(C)(C)C. The number of rotatable bonds is 7.